The number of hydrogen-bond donors (Lipinski definition) is 0. The Morgan fingerprint density at radius 1 is 0.680 bits per heavy atom. The molecule has 8 heteroatoms. The molecule has 0 aliphatic heterocycles. The third-order valence-electron chi connectivity index (χ3n) is 9.11. The molecule has 0 radical (unpaired) electrons. The largest absolute Gasteiger partial charge is 1.00 e. The monoisotopic (exact) mass is 696 g/mol. The van der Waals surface area contributed by atoms with Crippen LogP contribution in [0.4, 0.5) is 11.4 Å². The fourth-order valence-electron chi connectivity index (χ4n) is 6.43. The molecule has 4 aromatic rings. The molecule has 0 aromatic heterocycles. The molecule has 50 heavy (non-hydrogen) atoms. The van der Waals surface area contributed by atoms with Gasteiger partial charge in [-0.15, -0.1) is 0 Å². The third kappa shape index (κ3) is 9.74. The number of benzene rings is 4. The van der Waals surface area contributed by atoms with Gasteiger partial charge < -0.3 is 14.4 Å². The zero-order valence-electron chi connectivity index (χ0n) is 30.3. The molecule has 1 aliphatic carbocycles. The van der Waals surface area contributed by atoms with E-state index in [9.17, 15) is 13.0 Å². The van der Waals surface area contributed by atoms with E-state index in [1.807, 2.05) is 6.07 Å². The minimum absolute atomic E-state index is 0. The van der Waals surface area contributed by atoms with Crippen molar-refractivity contribution in [1.82, 2.24) is 0 Å². The fraction of sp³-hybridized carbons (Fsp3) is 0.262. The minimum atomic E-state index is -4.51. The molecule has 4 aromatic carbocycles. The Bertz CT molecular complexity index is 1970. The molecule has 0 atom stereocenters. The Morgan fingerprint density at radius 2 is 1.22 bits per heavy atom. The summed E-state index contributed by atoms with van der Waals surface area (Å²) in [7, 11) is -4.51. The topological polar surface area (TPSA) is 66.7 Å². The van der Waals surface area contributed by atoms with Gasteiger partial charge in [0.1, 0.15) is 16.7 Å². The van der Waals surface area contributed by atoms with Crippen LogP contribution in [0.2, 0.25) is 0 Å². The second kappa shape index (κ2) is 18.0. The van der Waals surface area contributed by atoms with Crippen molar-refractivity contribution in [3.63, 3.8) is 0 Å². The van der Waals surface area contributed by atoms with Crippen molar-refractivity contribution < 1.29 is 47.1 Å². The molecule has 254 valence electrons. The number of rotatable bonds is 13. The zero-order chi connectivity index (χ0) is 35.0. The van der Waals surface area contributed by atoms with Gasteiger partial charge in [-0.05, 0) is 117 Å². The van der Waals surface area contributed by atoms with Gasteiger partial charge in [0.2, 0.25) is 0 Å². The van der Waals surface area contributed by atoms with E-state index in [0.29, 0.717) is 6.54 Å². The van der Waals surface area contributed by atoms with Crippen molar-refractivity contribution in [3.05, 3.63) is 155 Å². The molecule has 0 saturated heterocycles. The zero-order valence-corrected chi connectivity index (χ0v) is 33.1. The van der Waals surface area contributed by atoms with Crippen molar-refractivity contribution in [2.24, 2.45) is 0 Å². The normalized spacial score (nSPS) is 12.4. The van der Waals surface area contributed by atoms with Crippen LogP contribution in [-0.2, 0) is 23.2 Å². The van der Waals surface area contributed by atoms with Gasteiger partial charge >= 0.3 is 29.6 Å². The van der Waals surface area contributed by atoms with E-state index >= 15 is 0 Å². The summed E-state index contributed by atoms with van der Waals surface area (Å²) in [5.41, 5.74) is 11.3. The fourth-order valence-corrected chi connectivity index (χ4v) is 6.97. The first-order valence-corrected chi connectivity index (χ1v) is 18.6. The van der Waals surface area contributed by atoms with Gasteiger partial charge in [-0.3, -0.25) is 0 Å². The molecular weight excluding hydrogens is 650 g/mol. The Morgan fingerprint density at radius 3 is 1.74 bits per heavy atom. The van der Waals surface area contributed by atoms with Crippen molar-refractivity contribution in [2.45, 2.75) is 52.6 Å². The van der Waals surface area contributed by atoms with Crippen LogP contribution in [0.25, 0.3) is 5.57 Å². The average molecular weight is 697 g/mol. The Labute approximate surface area is 321 Å². The molecule has 0 heterocycles. The van der Waals surface area contributed by atoms with Crippen LogP contribution in [0.1, 0.15) is 55.5 Å². The molecule has 0 N–H and O–H groups in total. The summed E-state index contributed by atoms with van der Waals surface area (Å²) in [6.45, 7) is 15.6. The van der Waals surface area contributed by atoms with Crippen LogP contribution in [0.15, 0.2) is 132 Å². The average Bonchev–Trinajstić information content (AvgIpc) is 3.11. The van der Waals surface area contributed by atoms with Crippen LogP contribution in [0, 0.1) is 6.92 Å². The van der Waals surface area contributed by atoms with E-state index in [-0.39, 0.29) is 34.5 Å². The number of nitrogens with zero attached hydrogens (tertiary/aromatic N) is 3. The van der Waals surface area contributed by atoms with Crippen LogP contribution < -0.4 is 39.4 Å². The maximum Gasteiger partial charge on any atom is 1.00 e. The molecule has 0 amide bonds. The molecule has 0 bridgehead atoms. The summed E-state index contributed by atoms with van der Waals surface area (Å²) >= 11 is 0. The first-order valence-electron chi connectivity index (χ1n) is 17.2. The number of anilines is 2. The number of allylic oxidation sites excluding steroid dienone is 5. The van der Waals surface area contributed by atoms with Crippen molar-refractivity contribution in [3.8, 4) is 0 Å². The summed E-state index contributed by atoms with van der Waals surface area (Å²) in [6.07, 6.45) is 8.90. The van der Waals surface area contributed by atoms with E-state index < -0.39 is 10.1 Å². The van der Waals surface area contributed by atoms with Crippen molar-refractivity contribution in [1.29, 1.82) is 0 Å². The molecule has 0 saturated carbocycles. The second-order valence-electron chi connectivity index (χ2n) is 12.3. The third-order valence-corrected chi connectivity index (χ3v) is 9.94. The summed E-state index contributed by atoms with van der Waals surface area (Å²) in [5, 5.41) is 0. The van der Waals surface area contributed by atoms with E-state index in [0.717, 1.165) is 66.2 Å². The molecule has 1 aliphatic rings. The van der Waals surface area contributed by atoms with Crippen molar-refractivity contribution in [2.75, 3.05) is 36.0 Å². The summed E-state index contributed by atoms with van der Waals surface area (Å²) < 4.78 is 37.2. The van der Waals surface area contributed by atoms with Crippen LogP contribution in [0.5, 0.6) is 0 Å². The predicted molar refractivity (Wildman–Crippen MR) is 203 cm³/mol. The predicted octanol–water partition coefficient (Wildman–Crippen LogP) is 5.38. The van der Waals surface area contributed by atoms with Gasteiger partial charge in [-0.1, -0.05) is 60.2 Å². The molecule has 0 fully saturated rings. The van der Waals surface area contributed by atoms with E-state index in [1.165, 1.54) is 34.7 Å². The second-order valence-corrected chi connectivity index (χ2v) is 13.7. The molecule has 5 rings (SSSR count). The van der Waals surface area contributed by atoms with Crippen LogP contribution >= 0.6 is 0 Å². The van der Waals surface area contributed by atoms with Crippen molar-refractivity contribution >= 4 is 32.8 Å². The van der Waals surface area contributed by atoms with Gasteiger partial charge in [-0.25, -0.2) is 13.0 Å². The maximum atomic E-state index is 11.6. The number of hydrogen-bond acceptors (Lipinski definition) is 5. The van der Waals surface area contributed by atoms with Gasteiger partial charge in [0.15, 0.2) is 12.3 Å². The minimum Gasteiger partial charge on any atom is -0.744 e. The summed E-state index contributed by atoms with van der Waals surface area (Å²) in [4.78, 5) is 4.31. The van der Waals surface area contributed by atoms with Gasteiger partial charge in [0, 0.05) is 55.3 Å². The quantitative estimate of drug-likeness (QED) is 0.107. The van der Waals surface area contributed by atoms with Crippen LogP contribution in [-0.4, -0.2) is 49.4 Å². The first kappa shape index (κ1) is 39.1. The Kier molecular flexibility index (Phi) is 14.0. The number of aryl methyl sites for hydroxylation is 1. The van der Waals surface area contributed by atoms with Gasteiger partial charge in [0.05, 0.1) is 4.90 Å². The van der Waals surface area contributed by atoms with Gasteiger partial charge in [0.25, 0.3) is 0 Å². The van der Waals surface area contributed by atoms with E-state index in [1.54, 1.807) is 6.07 Å². The van der Waals surface area contributed by atoms with Crippen LogP contribution in [0.3, 0.4) is 0 Å². The molecule has 0 unspecified atom stereocenters. The van der Waals surface area contributed by atoms with Gasteiger partial charge in [-0.2, -0.15) is 0 Å². The van der Waals surface area contributed by atoms with E-state index in [4.69, 9.17) is 0 Å². The Hall–Kier alpha value is -3.72. The maximum absolute atomic E-state index is 11.6. The standard InChI is InChI=1S/C42H47N3O3S.Na/c1-6-43(7-2)38-22-16-35(17-23-38)42(36-18-24-39(25-19-36)44(8-3)30-33-13-10-12-32(5)28-33)37-20-26-40(27-21-37)45(9-4)31-34-14-11-15-41(29-34)49(46,47)48;/h10-29H,6-9,30-31H2,1-5H3;/q;+1. The molecular formula is C42H47N3NaO3S+. The first-order chi connectivity index (χ1) is 23.6. The summed E-state index contributed by atoms with van der Waals surface area (Å²) in [6, 6.07) is 32.4. The molecule has 6 nitrogen and oxygen atoms in total. The SMILES string of the molecule is CCN(CC)c1ccc(C(=C2C=CC(=[N+](CC)Cc3cccc(C)c3)C=C2)c2ccc(N(CC)Cc3cccc(S(=O)(=O)[O-])c3)cc2)cc1.[Na+]. The Balaban J connectivity index is 0.00000562. The smallest absolute Gasteiger partial charge is 0.744 e. The summed E-state index contributed by atoms with van der Waals surface area (Å²) in [5.74, 6) is 0. The molecule has 0 spiro atoms. The van der Waals surface area contributed by atoms with E-state index in [2.05, 4.69) is 146 Å².